The maximum absolute atomic E-state index is 13.7. The Kier molecular flexibility index (Phi) is 5.86. The molecule has 1 aromatic carbocycles. The van der Waals surface area contributed by atoms with Crippen LogP contribution in [0, 0.1) is 5.82 Å². The van der Waals surface area contributed by atoms with E-state index < -0.39 is 17.3 Å². The summed E-state index contributed by atoms with van der Waals surface area (Å²) in [6.45, 7) is 2.73. The zero-order valence-electron chi connectivity index (χ0n) is 15.1. The van der Waals surface area contributed by atoms with Gasteiger partial charge in [-0.3, -0.25) is 14.9 Å². The molecular formula is C19H22FN3O3S. The monoisotopic (exact) mass is 391 g/mol. The van der Waals surface area contributed by atoms with Crippen LogP contribution in [0.1, 0.15) is 42.2 Å². The molecule has 6 nitrogen and oxygen atoms in total. The number of likely N-dealkylation sites (N-methyl/N-ethyl adjacent to an activating group) is 1. The van der Waals surface area contributed by atoms with Crippen molar-refractivity contribution in [1.29, 1.82) is 0 Å². The summed E-state index contributed by atoms with van der Waals surface area (Å²) in [5, 5.41) is 14.8. The van der Waals surface area contributed by atoms with Crippen LogP contribution in [0.3, 0.4) is 0 Å². The second kappa shape index (κ2) is 8.14. The van der Waals surface area contributed by atoms with Crippen LogP contribution >= 0.6 is 11.3 Å². The lowest BCUT2D eigenvalue weighted by Crippen LogP contribution is -2.50. The van der Waals surface area contributed by atoms with Crippen LogP contribution in [0.25, 0.3) is 0 Å². The third kappa shape index (κ3) is 4.70. The van der Waals surface area contributed by atoms with Gasteiger partial charge in [0.2, 0.25) is 5.91 Å². The van der Waals surface area contributed by atoms with Crippen LogP contribution in [0.4, 0.5) is 9.52 Å². The first-order valence-electron chi connectivity index (χ1n) is 8.90. The number of hydrogen-bond donors (Lipinski definition) is 2. The SMILES string of the molecule is CCN(CC1(O)CCC1)C(=O)Cc1csc(NC(=O)c2ccccc2F)n1. The molecular weight excluding hydrogens is 369 g/mol. The molecule has 0 aliphatic heterocycles. The molecule has 0 atom stereocenters. The molecule has 2 aromatic rings. The zero-order valence-corrected chi connectivity index (χ0v) is 15.9. The molecule has 1 saturated carbocycles. The van der Waals surface area contributed by atoms with Gasteiger partial charge >= 0.3 is 0 Å². The lowest BCUT2D eigenvalue weighted by atomic mass is 9.80. The molecule has 2 N–H and O–H groups in total. The van der Waals surface area contributed by atoms with Crippen molar-refractivity contribution < 1.29 is 19.1 Å². The smallest absolute Gasteiger partial charge is 0.260 e. The molecule has 0 spiro atoms. The van der Waals surface area contributed by atoms with E-state index in [1.54, 1.807) is 16.3 Å². The number of nitrogens with one attached hydrogen (secondary N) is 1. The Balaban J connectivity index is 1.59. The molecule has 1 aromatic heterocycles. The molecule has 1 fully saturated rings. The highest BCUT2D eigenvalue weighted by atomic mass is 32.1. The van der Waals surface area contributed by atoms with Crippen LogP contribution in [0.2, 0.25) is 0 Å². The number of aliphatic hydroxyl groups is 1. The van der Waals surface area contributed by atoms with Gasteiger partial charge in [0.05, 0.1) is 23.3 Å². The fourth-order valence-corrected chi connectivity index (χ4v) is 3.70. The maximum atomic E-state index is 13.7. The van der Waals surface area contributed by atoms with E-state index in [4.69, 9.17) is 0 Å². The third-order valence-electron chi connectivity index (χ3n) is 4.73. The molecule has 0 radical (unpaired) electrons. The minimum absolute atomic E-state index is 0.0590. The summed E-state index contributed by atoms with van der Waals surface area (Å²) in [6, 6.07) is 5.71. The van der Waals surface area contributed by atoms with Crippen molar-refractivity contribution in [2.24, 2.45) is 0 Å². The summed E-state index contributed by atoms with van der Waals surface area (Å²) in [4.78, 5) is 30.5. The molecule has 0 bridgehead atoms. The number of carbonyl (C=O) groups excluding carboxylic acids is 2. The zero-order chi connectivity index (χ0) is 19.4. The Labute approximate surface area is 161 Å². The van der Waals surface area contributed by atoms with Crippen molar-refractivity contribution in [3.8, 4) is 0 Å². The molecule has 8 heteroatoms. The average Bonchev–Trinajstić information content (AvgIpc) is 3.05. The molecule has 0 unspecified atom stereocenters. The molecule has 144 valence electrons. The van der Waals surface area contributed by atoms with Gasteiger partial charge in [0.25, 0.3) is 5.91 Å². The van der Waals surface area contributed by atoms with Crippen molar-refractivity contribution in [3.63, 3.8) is 0 Å². The van der Waals surface area contributed by atoms with Crippen molar-refractivity contribution in [3.05, 3.63) is 46.7 Å². The molecule has 2 amide bonds. The summed E-state index contributed by atoms with van der Waals surface area (Å²) >= 11 is 1.18. The van der Waals surface area contributed by atoms with Crippen molar-refractivity contribution in [2.45, 2.75) is 38.2 Å². The van der Waals surface area contributed by atoms with Crippen LogP contribution < -0.4 is 5.32 Å². The van der Waals surface area contributed by atoms with Gasteiger partial charge in [0, 0.05) is 18.5 Å². The highest BCUT2D eigenvalue weighted by molar-refractivity contribution is 7.14. The van der Waals surface area contributed by atoms with E-state index in [0.717, 1.165) is 19.3 Å². The molecule has 0 saturated heterocycles. The van der Waals surface area contributed by atoms with Gasteiger partial charge in [0.15, 0.2) is 5.13 Å². The van der Waals surface area contributed by atoms with Crippen LogP contribution in [-0.2, 0) is 11.2 Å². The normalized spacial score (nSPS) is 15.1. The van der Waals surface area contributed by atoms with Gasteiger partial charge in [-0.25, -0.2) is 9.37 Å². The molecule has 3 rings (SSSR count). The first-order chi connectivity index (χ1) is 12.9. The van der Waals surface area contributed by atoms with Gasteiger partial charge in [-0.15, -0.1) is 11.3 Å². The summed E-state index contributed by atoms with van der Waals surface area (Å²) in [5.74, 6) is -1.30. The second-order valence-electron chi connectivity index (χ2n) is 6.74. The quantitative estimate of drug-likeness (QED) is 0.760. The largest absolute Gasteiger partial charge is 0.388 e. The number of halogens is 1. The highest BCUT2D eigenvalue weighted by Crippen LogP contribution is 2.32. The number of hydrogen-bond acceptors (Lipinski definition) is 5. The number of nitrogens with zero attached hydrogens (tertiary/aromatic N) is 2. The first-order valence-corrected chi connectivity index (χ1v) is 9.78. The Morgan fingerprint density at radius 1 is 1.37 bits per heavy atom. The van der Waals surface area contributed by atoms with E-state index in [2.05, 4.69) is 10.3 Å². The molecule has 1 heterocycles. The Morgan fingerprint density at radius 3 is 2.74 bits per heavy atom. The standard InChI is InChI=1S/C19H22FN3O3S/c1-2-23(12-19(26)8-5-9-19)16(24)10-13-11-27-18(21-13)22-17(25)14-6-3-4-7-15(14)20/h3-4,6-7,11,26H,2,5,8-10,12H2,1H3,(H,21,22,25). The molecule has 1 aliphatic carbocycles. The van der Waals surface area contributed by atoms with E-state index in [1.807, 2.05) is 6.92 Å². The lowest BCUT2D eigenvalue weighted by Gasteiger charge is -2.40. The first kappa shape index (κ1) is 19.4. The van der Waals surface area contributed by atoms with Gasteiger partial charge in [-0.2, -0.15) is 0 Å². The minimum atomic E-state index is -0.757. The fourth-order valence-electron chi connectivity index (χ4n) is 3.00. The predicted molar refractivity (Wildman–Crippen MR) is 101 cm³/mol. The van der Waals surface area contributed by atoms with Gasteiger partial charge in [-0.05, 0) is 38.3 Å². The number of aromatic nitrogens is 1. The van der Waals surface area contributed by atoms with Crippen molar-refractivity contribution in [2.75, 3.05) is 18.4 Å². The van der Waals surface area contributed by atoms with E-state index in [0.29, 0.717) is 23.9 Å². The maximum Gasteiger partial charge on any atom is 0.260 e. The summed E-state index contributed by atoms with van der Waals surface area (Å²) in [6.07, 6.45) is 2.52. The number of anilines is 1. The summed E-state index contributed by atoms with van der Waals surface area (Å²) in [5.41, 5.74) is -0.281. The lowest BCUT2D eigenvalue weighted by molar-refractivity contribution is -0.137. The topological polar surface area (TPSA) is 82.5 Å². The van der Waals surface area contributed by atoms with Crippen LogP contribution in [0.15, 0.2) is 29.6 Å². The van der Waals surface area contributed by atoms with Gasteiger partial charge < -0.3 is 10.0 Å². The van der Waals surface area contributed by atoms with Gasteiger partial charge in [-0.1, -0.05) is 12.1 Å². The average molecular weight is 391 g/mol. The number of carbonyl (C=O) groups is 2. The van der Waals surface area contributed by atoms with E-state index in [1.165, 1.54) is 29.5 Å². The molecule has 27 heavy (non-hydrogen) atoms. The Morgan fingerprint density at radius 2 is 2.11 bits per heavy atom. The number of benzene rings is 1. The van der Waals surface area contributed by atoms with Gasteiger partial charge in [0.1, 0.15) is 5.82 Å². The second-order valence-corrected chi connectivity index (χ2v) is 7.60. The highest BCUT2D eigenvalue weighted by Gasteiger charge is 2.37. The Bertz CT molecular complexity index is 835. The van der Waals surface area contributed by atoms with Crippen molar-refractivity contribution >= 4 is 28.3 Å². The van der Waals surface area contributed by atoms with E-state index in [-0.39, 0.29) is 17.9 Å². The summed E-state index contributed by atoms with van der Waals surface area (Å²) in [7, 11) is 0. The number of thiazole rings is 1. The Hall–Kier alpha value is -2.32. The van der Waals surface area contributed by atoms with E-state index in [9.17, 15) is 19.1 Å². The third-order valence-corrected chi connectivity index (χ3v) is 5.53. The number of rotatable bonds is 7. The minimum Gasteiger partial charge on any atom is -0.388 e. The van der Waals surface area contributed by atoms with Crippen molar-refractivity contribution in [1.82, 2.24) is 9.88 Å². The summed E-state index contributed by atoms with van der Waals surface area (Å²) < 4.78 is 13.7. The van der Waals surface area contributed by atoms with Crippen LogP contribution in [-0.4, -0.2) is 45.5 Å². The fraction of sp³-hybridized carbons (Fsp3) is 0.421. The molecule has 1 aliphatic rings. The van der Waals surface area contributed by atoms with E-state index >= 15 is 0 Å². The number of amides is 2. The predicted octanol–water partition coefficient (Wildman–Crippen LogP) is 2.84. The van der Waals surface area contributed by atoms with Crippen LogP contribution in [0.5, 0.6) is 0 Å².